The second kappa shape index (κ2) is 8.03. The van der Waals surface area contributed by atoms with Crippen molar-refractivity contribution in [2.24, 2.45) is 0 Å². The Hall–Kier alpha value is -1.55. The number of aromatic hydroxyl groups is 1. The molecule has 2 N–H and O–H groups in total. The first-order chi connectivity index (χ1) is 10.2. The first-order valence-corrected chi connectivity index (χ1v) is 7.86. The number of aryl methyl sites for hydroxylation is 1. The maximum Gasteiger partial charge on any atom is 0.255 e. The highest BCUT2D eigenvalue weighted by Crippen LogP contribution is 2.20. The Labute approximate surface area is 126 Å². The molecule has 0 radical (unpaired) electrons. The molecule has 2 rings (SSSR count). The van der Waals surface area contributed by atoms with Gasteiger partial charge in [-0.25, -0.2) is 0 Å². The Morgan fingerprint density at radius 2 is 2.10 bits per heavy atom. The highest BCUT2D eigenvalue weighted by molar-refractivity contribution is 5.96. The molecule has 21 heavy (non-hydrogen) atoms. The van der Waals surface area contributed by atoms with Gasteiger partial charge >= 0.3 is 0 Å². The molecule has 0 unspecified atom stereocenters. The third-order valence-corrected chi connectivity index (χ3v) is 3.91. The standard InChI is InChI=1S/C17H25NO3/c1-13-8-9-16(19)15(12-13)17(20)18-10-5-11-21-14-6-3-2-4-7-14/h8-9,12,14,19H,2-7,10-11H2,1H3,(H,18,20). The van der Waals surface area contributed by atoms with Crippen molar-refractivity contribution in [2.45, 2.75) is 51.6 Å². The average Bonchev–Trinajstić information content (AvgIpc) is 2.50. The van der Waals surface area contributed by atoms with Crippen molar-refractivity contribution < 1.29 is 14.6 Å². The summed E-state index contributed by atoms with van der Waals surface area (Å²) in [4.78, 5) is 12.0. The van der Waals surface area contributed by atoms with E-state index in [1.807, 2.05) is 6.92 Å². The molecule has 116 valence electrons. The largest absolute Gasteiger partial charge is 0.507 e. The Morgan fingerprint density at radius 1 is 1.33 bits per heavy atom. The molecule has 1 fully saturated rings. The Balaban J connectivity index is 1.66. The van der Waals surface area contributed by atoms with Crippen molar-refractivity contribution in [3.63, 3.8) is 0 Å². The van der Waals surface area contributed by atoms with Crippen molar-refractivity contribution in [1.29, 1.82) is 0 Å². The number of hydrogen-bond acceptors (Lipinski definition) is 3. The number of phenols is 1. The number of carbonyl (C=O) groups is 1. The van der Waals surface area contributed by atoms with Gasteiger partial charge in [-0.05, 0) is 38.3 Å². The maximum absolute atomic E-state index is 12.0. The van der Waals surface area contributed by atoms with Crippen molar-refractivity contribution >= 4 is 5.91 Å². The van der Waals surface area contributed by atoms with E-state index in [1.54, 1.807) is 18.2 Å². The summed E-state index contributed by atoms with van der Waals surface area (Å²) in [5.74, 6) is -0.203. The molecule has 1 aliphatic rings. The van der Waals surface area contributed by atoms with E-state index < -0.39 is 0 Å². The van der Waals surface area contributed by atoms with E-state index in [0.29, 0.717) is 24.8 Å². The molecular formula is C17H25NO3. The molecule has 0 aliphatic heterocycles. The summed E-state index contributed by atoms with van der Waals surface area (Å²) in [5.41, 5.74) is 1.29. The third-order valence-electron chi connectivity index (χ3n) is 3.91. The lowest BCUT2D eigenvalue weighted by molar-refractivity contribution is 0.0273. The monoisotopic (exact) mass is 291 g/mol. The van der Waals surface area contributed by atoms with Gasteiger partial charge in [0.2, 0.25) is 0 Å². The van der Waals surface area contributed by atoms with Gasteiger partial charge in [0.25, 0.3) is 5.91 Å². The van der Waals surface area contributed by atoms with Crippen LogP contribution in [0.3, 0.4) is 0 Å². The lowest BCUT2D eigenvalue weighted by Gasteiger charge is -2.21. The van der Waals surface area contributed by atoms with E-state index in [2.05, 4.69) is 5.32 Å². The van der Waals surface area contributed by atoms with Gasteiger partial charge in [-0.1, -0.05) is 30.9 Å². The molecule has 1 aromatic carbocycles. The smallest absolute Gasteiger partial charge is 0.255 e. The molecule has 0 heterocycles. The van der Waals surface area contributed by atoms with Gasteiger partial charge < -0.3 is 15.2 Å². The summed E-state index contributed by atoms with van der Waals surface area (Å²) in [6.45, 7) is 3.15. The number of phenolic OH excluding ortho intramolecular Hbond substituents is 1. The van der Waals surface area contributed by atoms with E-state index in [9.17, 15) is 9.90 Å². The van der Waals surface area contributed by atoms with Crippen LogP contribution in [-0.4, -0.2) is 30.3 Å². The fourth-order valence-corrected chi connectivity index (χ4v) is 2.68. The summed E-state index contributed by atoms with van der Waals surface area (Å²) < 4.78 is 5.81. The van der Waals surface area contributed by atoms with Crippen LogP contribution in [0.1, 0.15) is 54.4 Å². The van der Waals surface area contributed by atoms with E-state index in [-0.39, 0.29) is 11.7 Å². The first-order valence-electron chi connectivity index (χ1n) is 7.86. The van der Waals surface area contributed by atoms with Crippen LogP contribution in [0.4, 0.5) is 0 Å². The van der Waals surface area contributed by atoms with Crippen molar-refractivity contribution in [1.82, 2.24) is 5.32 Å². The Morgan fingerprint density at radius 3 is 2.86 bits per heavy atom. The minimum Gasteiger partial charge on any atom is -0.507 e. The van der Waals surface area contributed by atoms with Gasteiger partial charge in [0.05, 0.1) is 11.7 Å². The van der Waals surface area contributed by atoms with Crippen LogP contribution >= 0.6 is 0 Å². The van der Waals surface area contributed by atoms with Gasteiger partial charge in [0.1, 0.15) is 5.75 Å². The maximum atomic E-state index is 12.0. The van der Waals surface area contributed by atoms with Gasteiger partial charge in [0, 0.05) is 13.2 Å². The van der Waals surface area contributed by atoms with E-state index in [1.165, 1.54) is 32.1 Å². The average molecular weight is 291 g/mol. The van der Waals surface area contributed by atoms with Crippen LogP contribution in [-0.2, 0) is 4.74 Å². The second-order valence-corrected chi connectivity index (χ2v) is 5.76. The zero-order valence-corrected chi connectivity index (χ0v) is 12.7. The number of benzene rings is 1. The third kappa shape index (κ3) is 5.05. The van der Waals surface area contributed by atoms with Crippen LogP contribution in [0.25, 0.3) is 0 Å². The van der Waals surface area contributed by atoms with Gasteiger partial charge in [-0.3, -0.25) is 4.79 Å². The Bertz CT molecular complexity index is 467. The van der Waals surface area contributed by atoms with Crippen LogP contribution in [0.15, 0.2) is 18.2 Å². The van der Waals surface area contributed by atoms with Crippen LogP contribution < -0.4 is 5.32 Å². The molecule has 1 aromatic rings. The number of rotatable bonds is 6. The molecule has 1 aliphatic carbocycles. The molecule has 0 saturated heterocycles. The summed E-state index contributed by atoms with van der Waals surface area (Å²) in [7, 11) is 0. The fraction of sp³-hybridized carbons (Fsp3) is 0.588. The summed E-state index contributed by atoms with van der Waals surface area (Å²) >= 11 is 0. The minimum absolute atomic E-state index is 0.0246. The fourth-order valence-electron chi connectivity index (χ4n) is 2.68. The molecule has 0 atom stereocenters. The lowest BCUT2D eigenvalue weighted by atomic mass is 9.98. The summed E-state index contributed by atoms with van der Waals surface area (Å²) in [5, 5.41) is 12.5. The normalized spacial score (nSPS) is 15.9. The number of hydrogen-bond donors (Lipinski definition) is 2. The summed E-state index contributed by atoms with van der Waals surface area (Å²) in [6, 6.07) is 5.03. The molecular weight excluding hydrogens is 266 g/mol. The highest BCUT2D eigenvalue weighted by atomic mass is 16.5. The molecule has 1 saturated carbocycles. The van der Waals surface area contributed by atoms with Gasteiger partial charge in [-0.15, -0.1) is 0 Å². The molecule has 4 nitrogen and oxygen atoms in total. The van der Waals surface area contributed by atoms with Crippen LogP contribution in [0.5, 0.6) is 5.75 Å². The van der Waals surface area contributed by atoms with E-state index >= 15 is 0 Å². The number of carbonyl (C=O) groups excluding carboxylic acids is 1. The zero-order chi connectivity index (χ0) is 15.1. The number of ether oxygens (including phenoxy) is 1. The number of amides is 1. The first kappa shape index (κ1) is 15.8. The molecule has 0 aromatic heterocycles. The molecule has 0 spiro atoms. The van der Waals surface area contributed by atoms with Crippen molar-refractivity contribution in [3.05, 3.63) is 29.3 Å². The SMILES string of the molecule is Cc1ccc(O)c(C(=O)NCCCOC2CCCCC2)c1. The van der Waals surface area contributed by atoms with Crippen LogP contribution in [0.2, 0.25) is 0 Å². The topological polar surface area (TPSA) is 58.6 Å². The highest BCUT2D eigenvalue weighted by Gasteiger charge is 2.13. The number of nitrogens with one attached hydrogen (secondary N) is 1. The zero-order valence-electron chi connectivity index (χ0n) is 12.7. The van der Waals surface area contributed by atoms with Gasteiger partial charge in [0.15, 0.2) is 0 Å². The van der Waals surface area contributed by atoms with Gasteiger partial charge in [-0.2, -0.15) is 0 Å². The molecule has 0 bridgehead atoms. The van der Waals surface area contributed by atoms with Crippen molar-refractivity contribution in [3.8, 4) is 5.75 Å². The van der Waals surface area contributed by atoms with Crippen molar-refractivity contribution in [2.75, 3.05) is 13.2 Å². The van der Waals surface area contributed by atoms with E-state index in [4.69, 9.17) is 4.74 Å². The molecule has 1 amide bonds. The lowest BCUT2D eigenvalue weighted by Crippen LogP contribution is -2.26. The predicted octanol–water partition coefficient (Wildman–Crippen LogP) is 3.17. The van der Waals surface area contributed by atoms with Crippen LogP contribution in [0, 0.1) is 6.92 Å². The molecule has 4 heteroatoms. The second-order valence-electron chi connectivity index (χ2n) is 5.76. The van der Waals surface area contributed by atoms with E-state index in [0.717, 1.165) is 12.0 Å². The quantitative estimate of drug-likeness (QED) is 0.791. The minimum atomic E-state index is -0.228. The summed E-state index contributed by atoms with van der Waals surface area (Å²) in [6.07, 6.45) is 7.43. The Kier molecular flexibility index (Phi) is 6.05. The predicted molar refractivity (Wildman–Crippen MR) is 82.6 cm³/mol.